The molecule has 0 bridgehead atoms. The van der Waals surface area contributed by atoms with Gasteiger partial charge in [0, 0.05) is 17.6 Å². The van der Waals surface area contributed by atoms with E-state index in [0.717, 1.165) is 22.2 Å². The Hall–Kier alpha value is -1.35. The van der Waals surface area contributed by atoms with Gasteiger partial charge in [0.2, 0.25) is 0 Å². The second kappa shape index (κ2) is 2.60. The molecule has 1 aromatic carbocycles. The first-order valence-corrected chi connectivity index (χ1v) is 3.95. The van der Waals surface area contributed by atoms with Crippen LogP contribution in [0.5, 0.6) is 0 Å². The number of aromatic amines is 1. The Morgan fingerprint density at radius 1 is 1.50 bits per heavy atom. The lowest BCUT2D eigenvalue weighted by molar-refractivity contribution is 1.04. The summed E-state index contributed by atoms with van der Waals surface area (Å²) < 4.78 is 0. The predicted molar refractivity (Wildman–Crippen MR) is 48.7 cm³/mol. The van der Waals surface area contributed by atoms with Crippen molar-refractivity contribution in [3.63, 3.8) is 0 Å². The fourth-order valence-corrected chi connectivity index (χ4v) is 1.39. The average molecular weight is 161 g/mol. The number of nitrogens with zero attached hydrogens (tertiary/aromatic N) is 1. The molecule has 2 rings (SSSR count). The zero-order chi connectivity index (χ0) is 8.55. The third-order valence-corrected chi connectivity index (χ3v) is 2.08. The lowest BCUT2D eigenvalue weighted by Gasteiger charge is -1.96. The number of para-hydroxylation sites is 1. The van der Waals surface area contributed by atoms with Crippen molar-refractivity contribution < 1.29 is 0 Å². The summed E-state index contributed by atoms with van der Waals surface area (Å²) in [5.74, 6) is 0. The Labute approximate surface area is 70.6 Å². The fraction of sp³-hybridized carbons (Fsp3) is 0.222. The SMILES string of the molecule is Cc1[nH]nc2c(CN)cccc12. The van der Waals surface area contributed by atoms with Crippen molar-refractivity contribution in [3.8, 4) is 0 Å². The van der Waals surface area contributed by atoms with Crippen LogP contribution in [-0.2, 0) is 6.54 Å². The molecule has 0 aliphatic carbocycles. The Morgan fingerprint density at radius 2 is 2.33 bits per heavy atom. The second-order valence-electron chi connectivity index (χ2n) is 2.87. The molecule has 0 aliphatic rings. The van der Waals surface area contributed by atoms with Gasteiger partial charge < -0.3 is 5.73 Å². The van der Waals surface area contributed by atoms with E-state index in [-0.39, 0.29) is 0 Å². The minimum absolute atomic E-state index is 0.543. The first-order valence-electron chi connectivity index (χ1n) is 3.95. The molecule has 0 aliphatic heterocycles. The Kier molecular flexibility index (Phi) is 1.59. The molecule has 12 heavy (non-hydrogen) atoms. The number of H-pyrrole nitrogens is 1. The van der Waals surface area contributed by atoms with Crippen LogP contribution in [0.15, 0.2) is 18.2 Å². The van der Waals surface area contributed by atoms with Crippen molar-refractivity contribution in [1.29, 1.82) is 0 Å². The summed E-state index contributed by atoms with van der Waals surface area (Å²) in [5.41, 5.74) is 8.76. The summed E-state index contributed by atoms with van der Waals surface area (Å²) in [5, 5.41) is 8.29. The van der Waals surface area contributed by atoms with E-state index in [4.69, 9.17) is 5.73 Å². The molecule has 0 radical (unpaired) electrons. The molecule has 3 nitrogen and oxygen atoms in total. The quantitative estimate of drug-likeness (QED) is 0.663. The van der Waals surface area contributed by atoms with Crippen molar-refractivity contribution in [1.82, 2.24) is 10.2 Å². The van der Waals surface area contributed by atoms with E-state index in [1.807, 2.05) is 25.1 Å². The number of hydrogen-bond donors (Lipinski definition) is 2. The normalized spacial score (nSPS) is 10.8. The van der Waals surface area contributed by atoms with Gasteiger partial charge in [0.05, 0.1) is 5.52 Å². The summed E-state index contributed by atoms with van der Waals surface area (Å²) in [6, 6.07) is 6.06. The minimum atomic E-state index is 0.543. The number of rotatable bonds is 1. The predicted octanol–water partition coefficient (Wildman–Crippen LogP) is 1.33. The van der Waals surface area contributed by atoms with Gasteiger partial charge in [-0.2, -0.15) is 5.10 Å². The maximum atomic E-state index is 5.57. The molecule has 0 spiro atoms. The van der Waals surface area contributed by atoms with Crippen molar-refractivity contribution in [2.24, 2.45) is 5.73 Å². The third kappa shape index (κ3) is 0.905. The number of aromatic nitrogens is 2. The highest BCUT2D eigenvalue weighted by Crippen LogP contribution is 2.18. The van der Waals surface area contributed by atoms with Gasteiger partial charge in [-0.05, 0) is 12.5 Å². The fourth-order valence-electron chi connectivity index (χ4n) is 1.39. The van der Waals surface area contributed by atoms with Crippen LogP contribution in [0.25, 0.3) is 10.9 Å². The van der Waals surface area contributed by atoms with Crippen LogP contribution in [0.3, 0.4) is 0 Å². The number of aryl methyl sites for hydroxylation is 1. The highest BCUT2D eigenvalue weighted by molar-refractivity contribution is 5.83. The number of nitrogens with two attached hydrogens (primary N) is 1. The molecular weight excluding hydrogens is 150 g/mol. The minimum Gasteiger partial charge on any atom is -0.326 e. The van der Waals surface area contributed by atoms with E-state index in [2.05, 4.69) is 10.2 Å². The summed E-state index contributed by atoms with van der Waals surface area (Å²) in [4.78, 5) is 0. The van der Waals surface area contributed by atoms with E-state index >= 15 is 0 Å². The lowest BCUT2D eigenvalue weighted by Crippen LogP contribution is -1.96. The number of hydrogen-bond acceptors (Lipinski definition) is 2. The molecule has 0 atom stereocenters. The van der Waals surface area contributed by atoms with Crippen LogP contribution in [-0.4, -0.2) is 10.2 Å². The van der Waals surface area contributed by atoms with Crippen LogP contribution >= 0.6 is 0 Å². The van der Waals surface area contributed by atoms with Gasteiger partial charge in [-0.15, -0.1) is 0 Å². The molecule has 1 aromatic heterocycles. The van der Waals surface area contributed by atoms with Crippen molar-refractivity contribution >= 4 is 10.9 Å². The third-order valence-electron chi connectivity index (χ3n) is 2.08. The Balaban J connectivity index is 2.81. The summed E-state index contributed by atoms with van der Waals surface area (Å²) >= 11 is 0. The van der Waals surface area contributed by atoms with Gasteiger partial charge in [-0.3, -0.25) is 5.10 Å². The smallest absolute Gasteiger partial charge is 0.0968 e. The summed E-state index contributed by atoms with van der Waals surface area (Å²) in [7, 11) is 0. The van der Waals surface area contributed by atoms with E-state index in [9.17, 15) is 0 Å². The maximum Gasteiger partial charge on any atom is 0.0968 e. The number of benzene rings is 1. The monoisotopic (exact) mass is 161 g/mol. The molecule has 1 heterocycles. The second-order valence-corrected chi connectivity index (χ2v) is 2.87. The molecule has 0 saturated carbocycles. The number of nitrogens with one attached hydrogen (secondary N) is 1. The Morgan fingerprint density at radius 3 is 3.08 bits per heavy atom. The van der Waals surface area contributed by atoms with Crippen molar-refractivity contribution in [3.05, 3.63) is 29.5 Å². The molecule has 0 saturated heterocycles. The van der Waals surface area contributed by atoms with Crippen LogP contribution in [0.1, 0.15) is 11.3 Å². The van der Waals surface area contributed by atoms with Crippen LogP contribution in [0.4, 0.5) is 0 Å². The largest absolute Gasteiger partial charge is 0.326 e. The van der Waals surface area contributed by atoms with Crippen molar-refractivity contribution in [2.45, 2.75) is 13.5 Å². The molecule has 62 valence electrons. The summed E-state index contributed by atoms with van der Waals surface area (Å²) in [6.07, 6.45) is 0. The summed E-state index contributed by atoms with van der Waals surface area (Å²) in [6.45, 7) is 2.55. The van der Waals surface area contributed by atoms with Crippen molar-refractivity contribution in [2.75, 3.05) is 0 Å². The molecule has 0 unspecified atom stereocenters. The van der Waals surface area contributed by atoms with Gasteiger partial charge in [0.15, 0.2) is 0 Å². The molecule has 3 N–H and O–H groups in total. The Bertz CT molecular complexity index is 403. The van der Waals surface area contributed by atoms with E-state index in [1.54, 1.807) is 0 Å². The molecule has 3 heteroatoms. The molecular formula is C9H11N3. The molecule has 0 fully saturated rings. The van der Waals surface area contributed by atoms with Gasteiger partial charge >= 0.3 is 0 Å². The van der Waals surface area contributed by atoms with Crippen LogP contribution in [0.2, 0.25) is 0 Å². The standard InChI is InChI=1S/C9H11N3/c1-6-8-4-2-3-7(5-10)9(8)12-11-6/h2-4H,5,10H2,1H3,(H,11,12). The van der Waals surface area contributed by atoms with Gasteiger partial charge in [0.1, 0.15) is 0 Å². The van der Waals surface area contributed by atoms with Gasteiger partial charge in [-0.25, -0.2) is 0 Å². The topological polar surface area (TPSA) is 54.7 Å². The van der Waals surface area contributed by atoms with E-state index in [0.29, 0.717) is 6.54 Å². The zero-order valence-corrected chi connectivity index (χ0v) is 6.96. The molecule has 0 amide bonds. The molecule has 2 aromatic rings. The zero-order valence-electron chi connectivity index (χ0n) is 6.96. The number of fused-ring (bicyclic) bond motifs is 1. The maximum absolute atomic E-state index is 5.57. The van der Waals surface area contributed by atoms with E-state index < -0.39 is 0 Å². The first kappa shape index (κ1) is 7.31. The first-order chi connectivity index (χ1) is 5.83. The highest BCUT2D eigenvalue weighted by Gasteiger charge is 2.03. The van der Waals surface area contributed by atoms with Crippen LogP contribution < -0.4 is 5.73 Å². The van der Waals surface area contributed by atoms with E-state index in [1.165, 1.54) is 0 Å². The highest BCUT2D eigenvalue weighted by atomic mass is 15.1. The lowest BCUT2D eigenvalue weighted by atomic mass is 10.1. The van der Waals surface area contributed by atoms with Gasteiger partial charge in [-0.1, -0.05) is 18.2 Å². The average Bonchev–Trinajstić information content (AvgIpc) is 2.48. The van der Waals surface area contributed by atoms with Gasteiger partial charge in [0.25, 0.3) is 0 Å². The van der Waals surface area contributed by atoms with Crippen LogP contribution in [0, 0.1) is 6.92 Å².